The van der Waals surface area contributed by atoms with Gasteiger partial charge in [-0.05, 0) is 25.0 Å². The van der Waals surface area contributed by atoms with E-state index >= 15 is 0 Å². The molecule has 1 aliphatic heterocycles. The number of aromatic nitrogens is 3. The standard InChI is InChI=1S/C12H15N3O3S/c16-9-4-5-12-13-11(14-15(12)8-9)7-10-3-1-2-6-19(10,17)18/h4-5,8,10,16H,1-3,6-7H2. The molecular weight excluding hydrogens is 266 g/mol. The molecule has 1 aliphatic rings. The predicted molar refractivity (Wildman–Crippen MR) is 69.8 cm³/mol. The normalized spacial score (nSPS) is 22.6. The Morgan fingerprint density at radius 1 is 1.37 bits per heavy atom. The molecule has 6 nitrogen and oxygen atoms in total. The molecule has 7 heteroatoms. The molecule has 1 N–H and O–H groups in total. The van der Waals surface area contributed by atoms with Gasteiger partial charge in [-0.25, -0.2) is 17.9 Å². The monoisotopic (exact) mass is 281 g/mol. The first-order chi connectivity index (χ1) is 9.04. The predicted octanol–water partition coefficient (Wildman–Crippen LogP) is 0.945. The third-order valence-corrected chi connectivity index (χ3v) is 5.76. The number of pyridine rings is 1. The van der Waals surface area contributed by atoms with Crippen molar-refractivity contribution in [2.24, 2.45) is 0 Å². The van der Waals surface area contributed by atoms with Gasteiger partial charge in [0.2, 0.25) is 0 Å². The Morgan fingerprint density at radius 3 is 3.00 bits per heavy atom. The van der Waals surface area contributed by atoms with E-state index in [1.807, 2.05) is 0 Å². The SMILES string of the molecule is O=S1(=O)CCCCC1Cc1nc2ccc(O)cn2n1. The fourth-order valence-corrected chi connectivity index (χ4v) is 4.33. The first kappa shape index (κ1) is 12.4. The van der Waals surface area contributed by atoms with Crippen molar-refractivity contribution >= 4 is 15.5 Å². The number of fused-ring (bicyclic) bond motifs is 1. The summed E-state index contributed by atoms with van der Waals surface area (Å²) in [6.45, 7) is 0. The highest BCUT2D eigenvalue weighted by Crippen LogP contribution is 2.22. The molecule has 1 fully saturated rings. The molecule has 3 rings (SSSR count). The van der Waals surface area contributed by atoms with Crippen LogP contribution in [-0.4, -0.2) is 39.1 Å². The van der Waals surface area contributed by atoms with Crippen LogP contribution in [0.3, 0.4) is 0 Å². The number of hydrogen-bond acceptors (Lipinski definition) is 5. The molecule has 0 spiro atoms. The summed E-state index contributed by atoms with van der Waals surface area (Å²) >= 11 is 0. The van der Waals surface area contributed by atoms with Gasteiger partial charge in [0.15, 0.2) is 21.3 Å². The molecule has 2 aromatic heterocycles. The number of sulfone groups is 1. The lowest BCUT2D eigenvalue weighted by molar-refractivity contribution is 0.470. The third-order valence-electron chi connectivity index (χ3n) is 3.48. The van der Waals surface area contributed by atoms with Gasteiger partial charge in [0, 0.05) is 6.42 Å². The highest BCUT2D eigenvalue weighted by Gasteiger charge is 2.30. The molecule has 3 heterocycles. The maximum absolute atomic E-state index is 12.0. The minimum atomic E-state index is -3.01. The van der Waals surface area contributed by atoms with Crippen molar-refractivity contribution in [3.05, 3.63) is 24.2 Å². The Hall–Kier alpha value is -1.63. The van der Waals surface area contributed by atoms with Crippen molar-refractivity contribution in [1.29, 1.82) is 0 Å². The summed E-state index contributed by atoms with van der Waals surface area (Å²) in [5, 5.41) is 13.2. The number of aromatic hydroxyl groups is 1. The minimum absolute atomic E-state index is 0.106. The van der Waals surface area contributed by atoms with Crippen LogP contribution in [0.4, 0.5) is 0 Å². The average Bonchev–Trinajstić information content (AvgIpc) is 2.73. The van der Waals surface area contributed by atoms with Crippen LogP contribution in [0.2, 0.25) is 0 Å². The van der Waals surface area contributed by atoms with Crippen LogP contribution >= 0.6 is 0 Å². The first-order valence-electron chi connectivity index (χ1n) is 6.30. The van der Waals surface area contributed by atoms with Crippen molar-refractivity contribution in [2.75, 3.05) is 5.75 Å². The fourth-order valence-electron chi connectivity index (χ4n) is 2.46. The smallest absolute Gasteiger partial charge is 0.155 e. The Bertz CT molecular complexity index is 708. The van der Waals surface area contributed by atoms with Crippen LogP contribution in [0.25, 0.3) is 5.65 Å². The average molecular weight is 281 g/mol. The summed E-state index contributed by atoms with van der Waals surface area (Å²) in [4.78, 5) is 4.29. The Kier molecular flexibility index (Phi) is 2.93. The molecule has 1 unspecified atom stereocenters. The first-order valence-corrected chi connectivity index (χ1v) is 8.02. The second kappa shape index (κ2) is 4.48. The van der Waals surface area contributed by atoms with Gasteiger partial charge in [0.25, 0.3) is 0 Å². The van der Waals surface area contributed by atoms with E-state index < -0.39 is 9.84 Å². The van der Waals surface area contributed by atoms with Crippen LogP contribution in [-0.2, 0) is 16.3 Å². The minimum Gasteiger partial charge on any atom is -0.506 e. The summed E-state index contributed by atoms with van der Waals surface area (Å²) in [5.41, 5.74) is 0.612. The van der Waals surface area contributed by atoms with Gasteiger partial charge in [0.1, 0.15) is 5.75 Å². The molecule has 0 saturated carbocycles. The van der Waals surface area contributed by atoms with Gasteiger partial charge in [-0.1, -0.05) is 6.42 Å². The molecule has 102 valence electrons. The van der Waals surface area contributed by atoms with Crippen LogP contribution in [0.1, 0.15) is 25.1 Å². The zero-order valence-corrected chi connectivity index (χ0v) is 11.2. The van der Waals surface area contributed by atoms with Gasteiger partial charge >= 0.3 is 0 Å². The highest BCUT2D eigenvalue weighted by atomic mass is 32.2. The van der Waals surface area contributed by atoms with E-state index in [4.69, 9.17) is 0 Å². The lowest BCUT2D eigenvalue weighted by Crippen LogP contribution is -2.30. The summed E-state index contributed by atoms with van der Waals surface area (Å²) in [6, 6.07) is 3.19. The Morgan fingerprint density at radius 2 is 2.21 bits per heavy atom. The summed E-state index contributed by atoms with van der Waals surface area (Å²) in [6.07, 6.45) is 4.19. The van der Waals surface area contributed by atoms with E-state index in [2.05, 4.69) is 10.1 Å². The van der Waals surface area contributed by atoms with Gasteiger partial charge in [0.05, 0.1) is 17.2 Å². The van der Waals surface area contributed by atoms with Gasteiger partial charge < -0.3 is 5.11 Å². The lowest BCUT2D eigenvalue weighted by atomic mass is 10.1. The summed E-state index contributed by atoms with van der Waals surface area (Å²) < 4.78 is 25.4. The van der Waals surface area contributed by atoms with Gasteiger partial charge in [-0.3, -0.25) is 0 Å². The Balaban J connectivity index is 1.88. The van der Waals surface area contributed by atoms with Crippen molar-refractivity contribution in [3.8, 4) is 5.75 Å². The van der Waals surface area contributed by atoms with E-state index in [1.165, 1.54) is 16.8 Å². The number of nitrogens with zero attached hydrogens (tertiary/aromatic N) is 3. The van der Waals surface area contributed by atoms with Gasteiger partial charge in [-0.2, -0.15) is 5.10 Å². The van der Waals surface area contributed by atoms with E-state index in [9.17, 15) is 13.5 Å². The zero-order chi connectivity index (χ0) is 13.5. The maximum Gasteiger partial charge on any atom is 0.155 e. The topological polar surface area (TPSA) is 84.6 Å². The molecule has 19 heavy (non-hydrogen) atoms. The molecule has 0 aromatic carbocycles. The molecule has 0 radical (unpaired) electrons. The summed E-state index contributed by atoms with van der Waals surface area (Å²) in [5.74, 6) is 0.890. The quantitative estimate of drug-likeness (QED) is 0.885. The van der Waals surface area contributed by atoms with Crippen LogP contribution < -0.4 is 0 Å². The molecular formula is C12H15N3O3S. The van der Waals surface area contributed by atoms with Crippen molar-refractivity contribution in [1.82, 2.24) is 14.6 Å². The molecule has 1 atom stereocenters. The maximum atomic E-state index is 12.0. The van der Waals surface area contributed by atoms with E-state index in [0.29, 0.717) is 24.3 Å². The fraction of sp³-hybridized carbons (Fsp3) is 0.500. The molecule has 2 aromatic rings. The zero-order valence-electron chi connectivity index (χ0n) is 10.4. The second-order valence-corrected chi connectivity index (χ2v) is 7.31. The van der Waals surface area contributed by atoms with Crippen LogP contribution in [0, 0.1) is 0 Å². The number of hydrogen-bond donors (Lipinski definition) is 1. The summed E-state index contributed by atoms with van der Waals surface area (Å²) in [7, 11) is -3.01. The van der Waals surface area contributed by atoms with Gasteiger partial charge in [-0.15, -0.1) is 0 Å². The van der Waals surface area contributed by atoms with Crippen molar-refractivity contribution in [3.63, 3.8) is 0 Å². The van der Waals surface area contributed by atoms with E-state index in [1.54, 1.807) is 6.07 Å². The molecule has 0 aliphatic carbocycles. The molecule has 1 saturated heterocycles. The lowest BCUT2D eigenvalue weighted by Gasteiger charge is -2.20. The van der Waals surface area contributed by atoms with E-state index in [0.717, 1.165) is 12.8 Å². The van der Waals surface area contributed by atoms with E-state index in [-0.39, 0.29) is 16.8 Å². The van der Waals surface area contributed by atoms with Crippen molar-refractivity contribution < 1.29 is 13.5 Å². The van der Waals surface area contributed by atoms with Crippen LogP contribution in [0.5, 0.6) is 5.75 Å². The molecule has 0 amide bonds. The van der Waals surface area contributed by atoms with Crippen molar-refractivity contribution in [2.45, 2.75) is 30.9 Å². The number of rotatable bonds is 2. The second-order valence-electron chi connectivity index (χ2n) is 4.91. The van der Waals surface area contributed by atoms with Crippen LogP contribution in [0.15, 0.2) is 18.3 Å². The molecule has 0 bridgehead atoms. The largest absolute Gasteiger partial charge is 0.506 e. The highest BCUT2D eigenvalue weighted by molar-refractivity contribution is 7.92. The Labute approximate surface area is 111 Å². The third kappa shape index (κ3) is 2.42.